The zero-order valence-electron chi connectivity index (χ0n) is 12.5. The number of benzene rings is 1. The van der Waals surface area contributed by atoms with Crippen LogP contribution in [0.2, 0.25) is 0 Å². The number of hydrogen-bond acceptors (Lipinski definition) is 5. The van der Waals surface area contributed by atoms with Crippen molar-refractivity contribution in [2.24, 2.45) is 5.10 Å². The second-order valence-corrected chi connectivity index (χ2v) is 7.22. The number of carbonyl (C=O) groups is 1. The Morgan fingerprint density at radius 2 is 2.17 bits per heavy atom. The molecule has 7 nitrogen and oxygen atoms in total. The van der Waals surface area contributed by atoms with Crippen molar-refractivity contribution in [2.75, 3.05) is 5.75 Å². The number of hydrazone groups is 1. The lowest BCUT2D eigenvalue weighted by atomic mass is 10.1. The number of furan rings is 1. The number of halogens is 1. The molecule has 0 spiro atoms. The van der Waals surface area contributed by atoms with Gasteiger partial charge in [0.2, 0.25) is 0 Å². The summed E-state index contributed by atoms with van der Waals surface area (Å²) in [6.07, 6.45) is 1.58. The SMILES string of the molecule is O=C(NCc1ccco1)N/N=C1/CCS(=O)(=O)c2ccc(F)cc21. The van der Waals surface area contributed by atoms with Crippen LogP contribution in [-0.2, 0) is 16.4 Å². The third-order valence-electron chi connectivity index (χ3n) is 3.49. The summed E-state index contributed by atoms with van der Waals surface area (Å²) in [6.45, 7) is 0.184. The summed E-state index contributed by atoms with van der Waals surface area (Å²) in [5.74, 6) is -0.130. The van der Waals surface area contributed by atoms with Gasteiger partial charge >= 0.3 is 6.03 Å². The second kappa shape index (κ2) is 6.44. The van der Waals surface area contributed by atoms with Gasteiger partial charge in [0.15, 0.2) is 9.84 Å². The van der Waals surface area contributed by atoms with Crippen molar-refractivity contribution in [1.29, 1.82) is 0 Å². The number of sulfone groups is 1. The van der Waals surface area contributed by atoms with Crippen LogP contribution in [0.15, 0.2) is 51.0 Å². The first-order valence-electron chi connectivity index (χ1n) is 7.11. The molecule has 24 heavy (non-hydrogen) atoms. The van der Waals surface area contributed by atoms with Gasteiger partial charge in [0.05, 0.1) is 29.2 Å². The standard InChI is InChI=1S/C15H14FN3O4S/c16-10-3-4-14-12(8-10)13(5-7-24(14,21)22)18-19-15(20)17-9-11-2-1-6-23-11/h1-4,6,8H,5,7,9H2,(H2,17,19,20)/b18-13-. The van der Waals surface area contributed by atoms with Crippen molar-refractivity contribution in [2.45, 2.75) is 17.9 Å². The van der Waals surface area contributed by atoms with Crippen molar-refractivity contribution in [3.05, 3.63) is 53.7 Å². The lowest BCUT2D eigenvalue weighted by molar-refractivity contribution is 0.240. The summed E-state index contributed by atoms with van der Waals surface area (Å²) in [7, 11) is -3.46. The maximum Gasteiger partial charge on any atom is 0.335 e. The Morgan fingerprint density at radius 3 is 2.92 bits per heavy atom. The number of carbonyl (C=O) groups excluding carboxylic acids is 1. The number of fused-ring (bicyclic) bond motifs is 1. The fraction of sp³-hybridized carbons (Fsp3) is 0.200. The average Bonchev–Trinajstić information content (AvgIpc) is 3.05. The molecule has 126 valence electrons. The van der Waals surface area contributed by atoms with Gasteiger partial charge in [-0.2, -0.15) is 5.10 Å². The van der Waals surface area contributed by atoms with Gasteiger partial charge in [-0.1, -0.05) is 0 Å². The molecule has 1 aliphatic heterocycles. The highest BCUT2D eigenvalue weighted by Gasteiger charge is 2.28. The van der Waals surface area contributed by atoms with Crippen molar-refractivity contribution < 1.29 is 22.0 Å². The molecule has 0 atom stereocenters. The highest BCUT2D eigenvalue weighted by atomic mass is 32.2. The Morgan fingerprint density at radius 1 is 1.33 bits per heavy atom. The third kappa shape index (κ3) is 3.46. The van der Waals surface area contributed by atoms with Crippen LogP contribution in [0.5, 0.6) is 0 Å². The number of urea groups is 1. The first-order chi connectivity index (χ1) is 11.5. The summed E-state index contributed by atoms with van der Waals surface area (Å²) in [6, 6.07) is 6.23. The molecule has 2 N–H and O–H groups in total. The molecule has 2 heterocycles. The fourth-order valence-electron chi connectivity index (χ4n) is 2.33. The van der Waals surface area contributed by atoms with Gasteiger partial charge in [-0.25, -0.2) is 23.0 Å². The Balaban J connectivity index is 1.74. The topological polar surface area (TPSA) is 101 Å². The van der Waals surface area contributed by atoms with Crippen LogP contribution < -0.4 is 10.7 Å². The maximum atomic E-state index is 13.4. The predicted molar refractivity (Wildman–Crippen MR) is 83.7 cm³/mol. The summed E-state index contributed by atoms with van der Waals surface area (Å²) >= 11 is 0. The summed E-state index contributed by atoms with van der Waals surface area (Å²) in [4.78, 5) is 11.7. The molecule has 0 saturated heterocycles. The van der Waals surface area contributed by atoms with Crippen molar-refractivity contribution in [1.82, 2.24) is 10.7 Å². The summed E-state index contributed by atoms with van der Waals surface area (Å²) in [5, 5.41) is 6.46. The van der Waals surface area contributed by atoms with Crippen LogP contribution in [0.1, 0.15) is 17.7 Å². The van der Waals surface area contributed by atoms with Crippen LogP contribution in [0, 0.1) is 5.82 Å². The number of nitrogens with zero attached hydrogens (tertiary/aromatic N) is 1. The normalized spacial score (nSPS) is 17.3. The molecule has 0 saturated carbocycles. The smallest absolute Gasteiger partial charge is 0.335 e. The molecule has 0 radical (unpaired) electrons. The van der Waals surface area contributed by atoms with Crippen molar-refractivity contribution >= 4 is 21.6 Å². The molecule has 9 heteroatoms. The van der Waals surface area contributed by atoms with E-state index in [1.807, 2.05) is 0 Å². The quantitative estimate of drug-likeness (QED) is 0.650. The van der Waals surface area contributed by atoms with E-state index in [0.29, 0.717) is 11.5 Å². The zero-order chi connectivity index (χ0) is 17.2. The van der Waals surface area contributed by atoms with Gasteiger partial charge in [0.25, 0.3) is 0 Å². The number of nitrogens with one attached hydrogen (secondary N) is 2. The lowest BCUT2D eigenvalue weighted by Gasteiger charge is -2.18. The van der Waals surface area contributed by atoms with Crippen LogP contribution >= 0.6 is 0 Å². The van der Waals surface area contributed by atoms with Crippen molar-refractivity contribution in [3.63, 3.8) is 0 Å². The van der Waals surface area contributed by atoms with Gasteiger partial charge in [-0.05, 0) is 30.3 Å². The number of rotatable bonds is 3. The average molecular weight is 351 g/mol. The Hall–Kier alpha value is -2.68. The van der Waals surface area contributed by atoms with Crippen LogP contribution in [0.4, 0.5) is 9.18 Å². The summed E-state index contributed by atoms with van der Waals surface area (Å²) < 4.78 is 42.5. The molecule has 0 aliphatic carbocycles. The molecule has 0 bridgehead atoms. The minimum atomic E-state index is -3.46. The van der Waals surface area contributed by atoms with E-state index in [-0.39, 0.29) is 29.2 Å². The first kappa shape index (κ1) is 16.2. The highest BCUT2D eigenvalue weighted by Crippen LogP contribution is 2.26. The highest BCUT2D eigenvalue weighted by molar-refractivity contribution is 7.91. The predicted octanol–water partition coefficient (Wildman–Crippen LogP) is 1.80. The fourth-order valence-corrected chi connectivity index (χ4v) is 3.80. The summed E-state index contributed by atoms with van der Waals surface area (Å²) in [5.41, 5.74) is 2.77. The molecule has 3 rings (SSSR count). The van der Waals surface area contributed by atoms with Gasteiger partial charge in [0, 0.05) is 12.0 Å². The van der Waals surface area contributed by atoms with E-state index in [1.54, 1.807) is 12.1 Å². The molecule has 2 aromatic rings. The van der Waals surface area contributed by atoms with E-state index >= 15 is 0 Å². The van der Waals surface area contributed by atoms with E-state index in [0.717, 1.165) is 12.1 Å². The van der Waals surface area contributed by atoms with E-state index in [4.69, 9.17) is 4.42 Å². The number of amides is 2. The van der Waals surface area contributed by atoms with Crippen LogP contribution in [0.3, 0.4) is 0 Å². The number of hydrogen-bond donors (Lipinski definition) is 2. The molecular weight excluding hydrogens is 337 g/mol. The molecule has 0 unspecified atom stereocenters. The molecule has 0 fully saturated rings. The minimum absolute atomic E-state index is 0.0201. The lowest BCUT2D eigenvalue weighted by Crippen LogP contribution is -2.33. The third-order valence-corrected chi connectivity index (χ3v) is 5.26. The van der Waals surface area contributed by atoms with Crippen LogP contribution in [-0.4, -0.2) is 25.9 Å². The monoisotopic (exact) mass is 351 g/mol. The minimum Gasteiger partial charge on any atom is -0.467 e. The molecule has 1 aromatic heterocycles. The van der Waals surface area contributed by atoms with Gasteiger partial charge < -0.3 is 9.73 Å². The van der Waals surface area contributed by atoms with Crippen LogP contribution in [0.25, 0.3) is 0 Å². The van der Waals surface area contributed by atoms with E-state index in [9.17, 15) is 17.6 Å². The molecule has 1 aliphatic rings. The largest absolute Gasteiger partial charge is 0.467 e. The van der Waals surface area contributed by atoms with Gasteiger partial charge in [-0.15, -0.1) is 0 Å². The second-order valence-electron chi connectivity index (χ2n) is 5.14. The zero-order valence-corrected chi connectivity index (χ0v) is 13.3. The van der Waals surface area contributed by atoms with Crippen molar-refractivity contribution in [3.8, 4) is 0 Å². The Bertz CT molecular complexity index is 891. The van der Waals surface area contributed by atoms with E-state index in [1.165, 1.54) is 12.3 Å². The van der Waals surface area contributed by atoms with E-state index < -0.39 is 21.7 Å². The van der Waals surface area contributed by atoms with Gasteiger partial charge in [-0.3, -0.25) is 0 Å². The maximum absolute atomic E-state index is 13.4. The first-order valence-corrected chi connectivity index (χ1v) is 8.76. The molecule has 2 amide bonds. The Labute approximate surface area is 137 Å². The van der Waals surface area contributed by atoms with Gasteiger partial charge in [0.1, 0.15) is 11.6 Å². The molecule has 1 aromatic carbocycles. The van der Waals surface area contributed by atoms with E-state index in [2.05, 4.69) is 15.8 Å². The molecular formula is C15H14FN3O4S. The Kier molecular flexibility index (Phi) is 4.34.